The molecule has 0 unspecified atom stereocenters. The van der Waals surface area contributed by atoms with Crippen LogP contribution < -0.4 is 21.1 Å². The molecular weight excluding hydrogens is 292 g/mol. The molecule has 0 spiro atoms. The second-order valence-electron chi connectivity index (χ2n) is 6.26. The molecule has 4 rings (SSSR count). The van der Waals surface area contributed by atoms with Crippen LogP contribution in [0.1, 0.15) is 25.7 Å². The smallest absolute Gasteiger partial charge is 0.0458 e. The van der Waals surface area contributed by atoms with E-state index in [9.17, 15) is 0 Å². The number of fused-ring (bicyclic) bond motifs is 1. The van der Waals surface area contributed by atoms with Crippen LogP contribution in [0.5, 0.6) is 0 Å². The second-order valence-corrected chi connectivity index (χ2v) is 6.26. The Bertz CT molecular complexity index is 905. The molecule has 0 bridgehead atoms. The van der Waals surface area contributed by atoms with E-state index < -0.39 is 0 Å². The molecule has 0 aromatic heterocycles. The highest BCUT2D eigenvalue weighted by molar-refractivity contribution is 5.69. The SMILES string of the molecule is C1=CCCC(Nc2cccc3c2=CCCC=3Nc2ccccc2)=C1. The van der Waals surface area contributed by atoms with Crippen molar-refractivity contribution in [2.75, 3.05) is 10.6 Å². The molecule has 0 atom stereocenters. The van der Waals surface area contributed by atoms with Gasteiger partial charge in [0.15, 0.2) is 0 Å². The quantitative estimate of drug-likeness (QED) is 0.887. The molecule has 2 aliphatic rings. The minimum absolute atomic E-state index is 1.05. The van der Waals surface area contributed by atoms with Crippen LogP contribution in [0.4, 0.5) is 11.4 Å². The van der Waals surface area contributed by atoms with E-state index >= 15 is 0 Å². The monoisotopic (exact) mass is 314 g/mol. The van der Waals surface area contributed by atoms with Gasteiger partial charge >= 0.3 is 0 Å². The molecule has 2 nitrogen and oxygen atoms in total. The summed E-state index contributed by atoms with van der Waals surface area (Å²) in [5.74, 6) is 0. The minimum Gasteiger partial charge on any atom is -0.358 e. The van der Waals surface area contributed by atoms with E-state index in [-0.39, 0.29) is 0 Å². The largest absolute Gasteiger partial charge is 0.358 e. The Morgan fingerprint density at radius 1 is 0.792 bits per heavy atom. The third-order valence-electron chi connectivity index (χ3n) is 4.55. The molecule has 0 saturated carbocycles. The van der Waals surface area contributed by atoms with Crippen molar-refractivity contribution in [1.29, 1.82) is 0 Å². The number of benzene rings is 2. The maximum Gasteiger partial charge on any atom is 0.0458 e. The summed E-state index contributed by atoms with van der Waals surface area (Å²) in [4.78, 5) is 0. The van der Waals surface area contributed by atoms with Crippen molar-refractivity contribution >= 4 is 23.1 Å². The van der Waals surface area contributed by atoms with Gasteiger partial charge in [-0.25, -0.2) is 0 Å². The van der Waals surface area contributed by atoms with Gasteiger partial charge in [0.25, 0.3) is 0 Å². The molecule has 0 saturated heterocycles. The number of hydrogen-bond acceptors (Lipinski definition) is 2. The maximum absolute atomic E-state index is 3.63. The first-order valence-corrected chi connectivity index (χ1v) is 8.67. The molecule has 0 radical (unpaired) electrons. The number of allylic oxidation sites excluding steroid dienone is 4. The zero-order valence-corrected chi connectivity index (χ0v) is 13.8. The fourth-order valence-corrected chi connectivity index (χ4v) is 3.36. The predicted molar refractivity (Wildman–Crippen MR) is 103 cm³/mol. The van der Waals surface area contributed by atoms with Gasteiger partial charge in [-0.2, -0.15) is 0 Å². The maximum atomic E-state index is 3.63. The molecule has 2 aromatic rings. The molecule has 2 heteroatoms. The summed E-state index contributed by atoms with van der Waals surface area (Å²) in [5, 5.41) is 9.87. The first kappa shape index (κ1) is 14.8. The van der Waals surface area contributed by atoms with Gasteiger partial charge in [0.1, 0.15) is 0 Å². The second kappa shape index (κ2) is 6.79. The fraction of sp³-hybridized carbons (Fsp3) is 0.182. The molecule has 0 fully saturated rings. The zero-order chi connectivity index (χ0) is 16.2. The normalized spacial score (nSPS) is 16.0. The van der Waals surface area contributed by atoms with Crippen LogP contribution in [0, 0.1) is 0 Å². The number of para-hydroxylation sites is 1. The van der Waals surface area contributed by atoms with Gasteiger partial charge in [0, 0.05) is 33.2 Å². The highest BCUT2D eigenvalue weighted by Crippen LogP contribution is 2.17. The van der Waals surface area contributed by atoms with Gasteiger partial charge in [-0.05, 0) is 50.0 Å². The topological polar surface area (TPSA) is 24.1 Å². The Kier molecular flexibility index (Phi) is 4.20. The van der Waals surface area contributed by atoms with E-state index in [0.29, 0.717) is 0 Å². The first-order chi connectivity index (χ1) is 11.9. The fourth-order valence-electron chi connectivity index (χ4n) is 3.36. The van der Waals surface area contributed by atoms with E-state index in [2.05, 4.69) is 77.4 Å². The number of rotatable bonds is 4. The molecule has 120 valence electrons. The molecule has 2 aliphatic carbocycles. The van der Waals surface area contributed by atoms with Crippen molar-refractivity contribution in [1.82, 2.24) is 0 Å². The van der Waals surface area contributed by atoms with Crippen molar-refractivity contribution in [3.05, 3.63) is 82.9 Å². The Balaban J connectivity index is 1.73. The number of anilines is 2. The Labute approximate surface area is 142 Å². The highest BCUT2D eigenvalue weighted by Gasteiger charge is 2.09. The van der Waals surface area contributed by atoms with Crippen LogP contribution in [0.3, 0.4) is 0 Å². The highest BCUT2D eigenvalue weighted by atomic mass is 14.9. The summed E-state index contributed by atoms with van der Waals surface area (Å²) in [6.07, 6.45) is 13.2. The minimum atomic E-state index is 1.05. The summed E-state index contributed by atoms with van der Waals surface area (Å²) < 4.78 is 0. The third-order valence-corrected chi connectivity index (χ3v) is 4.55. The molecule has 0 heterocycles. The van der Waals surface area contributed by atoms with Crippen molar-refractivity contribution < 1.29 is 0 Å². The summed E-state index contributed by atoms with van der Waals surface area (Å²) in [6, 6.07) is 17.0. The standard InChI is InChI=1S/C22H22N2/c1-3-9-17(10-4-1)23-21-15-7-14-20-19(21)13-8-16-22(20)24-18-11-5-2-6-12-18/h1-5,8-11,13-14,16,23-24H,6-7,12,15H2. The molecule has 2 aromatic carbocycles. The lowest BCUT2D eigenvalue weighted by Gasteiger charge is -2.18. The van der Waals surface area contributed by atoms with Crippen LogP contribution in [0.25, 0.3) is 11.8 Å². The Morgan fingerprint density at radius 3 is 2.54 bits per heavy atom. The van der Waals surface area contributed by atoms with Crippen molar-refractivity contribution in [2.24, 2.45) is 0 Å². The lowest BCUT2D eigenvalue weighted by molar-refractivity contribution is 0.965. The first-order valence-electron chi connectivity index (χ1n) is 8.67. The predicted octanol–water partition coefficient (Wildman–Crippen LogP) is 4.13. The summed E-state index contributed by atoms with van der Waals surface area (Å²) in [6.45, 7) is 0. The molecule has 0 amide bonds. The van der Waals surface area contributed by atoms with Gasteiger partial charge in [0.05, 0.1) is 0 Å². The Morgan fingerprint density at radius 2 is 1.71 bits per heavy atom. The van der Waals surface area contributed by atoms with E-state index in [1.54, 1.807) is 0 Å². The zero-order valence-electron chi connectivity index (χ0n) is 13.8. The van der Waals surface area contributed by atoms with E-state index in [1.165, 1.54) is 27.5 Å². The van der Waals surface area contributed by atoms with E-state index in [1.807, 2.05) is 6.07 Å². The van der Waals surface area contributed by atoms with Crippen molar-refractivity contribution in [2.45, 2.75) is 25.7 Å². The average molecular weight is 314 g/mol. The summed E-state index contributed by atoms with van der Waals surface area (Å²) >= 11 is 0. The van der Waals surface area contributed by atoms with E-state index in [4.69, 9.17) is 0 Å². The van der Waals surface area contributed by atoms with Crippen molar-refractivity contribution in [3.8, 4) is 0 Å². The van der Waals surface area contributed by atoms with Crippen LogP contribution >= 0.6 is 0 Å². The van der Waals surface area contributed by atoms with Crippen LogP contribution in [0.15, 0.2) is 72.5 Å². The van der Waals surface area contributed by atoms with Gasteiger partial charge in [-0.1, -0.05) is 48.6 Å². The summed E-state index contributed by atoms with van der Waals surface area (Å²) in [5.41, 5.74) is 4.96. The molecule has 0 aliphatic heterocycles. The lowest BCUT2D eigenvalue weighted by Crippen LogP contribution is -2.34. The van der Waals surface area contributed by atoms with E-state index in [0.717, 1.165) is 31.4 Å². The van der Waals surface area contributed by atoms with Gasteiger partial charge < -0.3 is 10.6 Å². The van der Waals surface area contributed by atoms with Gasteiger partial charge in [-0.3, -0.25) is 0 Å². The third kappa shape index (κ3) is 3.13. The van der Waals surface area contributed by atoms with Crippen LogP contribution in [0.2, 0.25) is 0 Å². The number of hydrogen-bond donors (Lipinski definition) is 2. The van der Waals surface area contributed by atoms with Crippen molar-refractivity contribution in [3.63, 3.8) is 0 Å². The van der Waals surface area contributed by atoms with Gasteiger partial charge in [0.2, 0.25) is 0 Å². The molecule has 2 N–H and O–H groups in total. The van der Waals surface area contributed by atoms with Crippen LogP contribution in [-0.4, -0.2) is 0 Å². The molecular formula is C22H22N2. The Hall–Kier alpha value is -2.74. The average Bonchev–Trinajstić information content (AvgIpc) is 2.64. The molecule has 24 heavy (non-hydrogen) atoms. The lowest BCUT2D eigenvalue weighted by atomic mass is 10.0. The van der Waals surface area contributed by atoms with Crippen LogP contribution in [-0.2, 0) is 0 Å². The number of nitrogens with one attached hydrogen (secondary N) is 2. The van der Waals surface area contributed by atoms with Gasteiger partial charge in [-0.15, -0.1) is 0 Å². The summed E-state index contributed by atoms with van der Waals surface area (Å²) in [7, 11) is 0.